The van der Waals surface area contributed by atoms with E-state index >= 15 is 0 Å². The summed E-state index contributed by atoms with van der Waals surface area (Å²) in [6, 6.07) is -0.336. The van der Waals surface area contributed by atoms with Crippen molar-refractivity contribution in [2.45, 2.75) is 70.6 Å². The predicted octanol–water partition coefficient (Wildman–Crippen LogP) is 3.00. The van der Waals surface area contributed by atoms with Crippen LogP contribution in [0.25, 0.3) is 0 Å². The fraction of sp³-hybridized carbons (Fsp3) is 0.812. The molecule has 0 bridgehead atoms. The molecule has 0 aromatic rings. The van der Waals surface area contributed by atoms with Gasteiger partial charge in [-0.2, -0.15) is 4.91 Å². The van der Waals surface area contributed by atoms with E-state index in [-0.39, 0.29) is 36.6 Å². The molecule has 1 fully saturated rings. The van der Waals surface area contributed by atoms with E-state index < -0.39 is 0 Å². The number of hydrogen-bond donors (Lipinski definition) is 1. The number of nitroso groups, excluding NO2 is 1. The van der Waals surface area contributed by atoms with E-state index in [9.17, 15) is 9.70 Å². The lowest BCUT2D eigenvalue weighted by Crippen LogP contribution is -2.18. The number of carbonyl (C=O) groups excluding carboxylic acids is 1. The van der Waals surface area contributed by atoms with E-state index in [0.717, 1.165) is 31.3 Å². The number of aliphatic hydroxyl groups is 1. The summed E-state index contributed by atoms with van der Waals surface area (Å²) in [6.45, 7) is 7.59. The lowest BCUT2D eigenvalue weighted by Gasteiger charge is -2.17. The second-order valence-electron chi connectivity index (χ2n) is 6.06. The smallest absolute Gasteiger partial charge is 0.132 e. The number of rotatable bonds is 10. The van der Waals surface area contributed by atoms with Gasteiger partial charge in [-0.3, -0.25) is 4.79 Å². The van der Waals surface area contributed by atoms with Gasteiger partial charge in [0.05, 0.1) is 18.2 Å². The number of hydrogen-bond acceptors (Lipinski definition) is 5. The van der Waals surface area contributed by atoms with Crippen molar-refractivity contribution in [3.8, 4) is 0 Å². The van der Waals surface area contributed by atoms with Crippen LogP contribution in [0.4, 0.5) is 0 Å². The summed E-state index contributed by atoms with van der Waals surface area (Å²) in [5.41, 5.74) is 1.06. The number of nitrogens with zero attached hydrogens (tertiary/aromatic N) is 1. The summed E-state index contributed by atoms with van der Waals surface area (Å²) < 4.78 is 5.90. The van der Waals surface area contributed by atoms with Crippen LogP contribution in [0.1, 0.15) is 52.4 Å². The summed E-state index contributed by atoms with van der Waals surface area (Å²) in [4.78, 5) is 22.2. The average molecular weight is 297 g/mol. The van der Waals surface area contributed by atoms with Gasteiger partial charge in [-0.15, -0.1) is 0 Å². The molecule has 0 radical (unpaired) electrons. The van der Waals surface area contributed by atoms with Gasteiger partial charge in [0.1, 0.15) is 5.78 Å². The van der Waals surface area contributed by atoms with Crippen LogP contribution in [0.2, 0.25) is 0 Å². The molecule has 0 saturated carbocycles. The molecule has 0 amide bonds. The fourth-order valence-corrected chi connectivity index (χ4v) is 2.69. The molecule has 0 spiro atoms. The summed E-state index contributed by atoms with van der Waals surface area (Å²) in [5, 5.41) is 12.0. The van der Waals surface area contributed by atoms with Gasteiger partial charge >= 0.3 is 0 Å². The van der Waals surface area contributed by atoms with Crippen LogP contribution in [0.15, 0.2) is 17.3 Å². The second-order valence-corrected chi connectivity index (χ2v) is 6.06. The van der Waals surface area contributed by atoms with Gasteiger partial charge in [0.15, 0.2) is 0 Å². The molecule has 1 aliphatic rings. The average Bonchev–Trinajstić information content (AvgIpc) is 2.81. The Morgan fingerprint density at radius 1 is 1.52 bits per heavy atom. The molecule has 1 N–H and O–H groups in total. The van der Waals surface area contributed by atoms with Gasteiger partial charge in [0, 0.05) is 12.5 Å². The SMILES string of the molecule is C=C1C[C@H](CCCO)OC1CC[C@H](C[C@@H](C)C(C)=O)N=O. The van der Waals surface area contributed by atoms with Crippen molar-refractivity contribution in [1.82, 2.24) is 0 Å². The predicted molar refractivity (Wildman–Crippen MR) is 82.0 cm³/mol. The standard InChI is InChI=1S/C16H27NO4/c1-11(13(3)19)9-14(17-20)6-7-16-12(2)10-15(21-16)5-4-8-18/h11,14-16,18H,2,4-10H2,1,3H3/t11-,14-,15+,16?/m1/s1. The van der Waals surface area contributed by atoms with Gasteiger partial charge in [-0.05, 0) is 51.0 Å². The first-order chi connectivity index (χ1) is 9.97. The maximum Gasteiger partial charge on any atom is 0.132 e. The summed E-state index contributed by atoms with van der Waals surface area (Å²) in [5.74, 6) is -0.0352. The van der Waals surface area contributed by atoms with Crippen molar-refractivity contribution in [2.75, 3.05) is 6.61 Å². The summed E-state index contributed by atoms with van der Waals surface area (Å²) in [6.07, 6.45) is 4.35. The molecule has 0 aromatic heterocycles. The number of aliphatic hydroxyl groups excluding tert-OH is 1. The largest absolute Gasteiger partial charge is 0.396 e. The third kappa shape index (κ3) is 6.06. The van der Waals surface area contributed by atoms with Gasteiger partial charge in [0.25, 0.3) is 0 Å². The summed E-state index contributed by atoms with van der Waals surface area (Å²) >= 11 is 0. The molecule has 5 heteroatoms. The first kappa shape index (κ1) is 18.0. The van der Waals surface area contributed by atoms with Gasteiger partial charge in [-0.25, -0.2) is 0 Å². The molecule has 1 heterocycles. The normalized spacial score (nSPS) is 24.8. The number of ether oxygens (including phenoxy) is 1. The molecule has 0 aliphatic carbocycles. The lowest BCUT2D eigenvalue weighted by atomic mass is 9.94. The fourth-order valence-electron chi connectivity index (χ4n) is 2.69. The van der Waals surface area contributed by atoms with Crippen molar-refractivity contribution in [2.24, 2.45) is 11.1 Å². The Morgan fingerprint density at radius 2 is 2.24 bits per heavy atom. The zero-order chi connectivity index (χ0) is 15.8. The number of Topliss-reactive ketones (excluding diaryl/α,β-unsaturated/α-hetero) is 1. The van der Waals surface area contributed by atoms with Crippen LogP contribution >= 0.6 is 0 Å². The maximum absolute atomic E-state index is 11.2. The highest BCUT2D eigenvalue weighted by molar-refractivity contribution is 5.77. The number of ketones is 1. The van der Waals surface area contributed by atoms with Crippen LogP contribution in [-0.2, 0) is 9.53 Å². The number of carbonyl (C=O) groups is 1. The van der Waals surface area contributed by atoms with Crippen molar-refractivity contribution in [1.29, 1.82) is 0 Å². The molecule has 21 heavy (non-hydrogen) atoms. The Kier molecular flexibility index (Phi) is 7.75. The van der Waals surface area contributed by atoms with Crippen molar-refractivity contribution in [3.05, 3.63) is 17.1 Å². The lowest BCUT2D eigenvalue weighted by molar-refractivity contribution is -0.120. The van der Waals surface area contributed by atoms with Crippen LogP contribution in [0.3, 0.4) is 0 Å². The molecule has 0 aromatic carbocycles. The van der Waals surface area contributed by atoms with E-state index in [1.165, 1.54) is 0 Å². The molecule has 120 valence electrons. The van der Waals surface area contributed by atoms with Gasteiger partial charge < -0.3 is 9.84 Å². The molecular formula is C16H27NO4. The van der Waals surface area contributed by atoms with Crippen LogP contribution in [0, 0.1) is 10.8 Å². The highest BCUT2D eigenvalue weighted by Gasteiger charge is 2.29. The topological polar surface area (TPSA) is 76.0 Å². The minimum atomic E-state index is -0.336. The molecular weight excluding hydrogens is 270 g/mol. The minimum absolute atomic E-state index is 0.0226. The van der Waals surface area contributed by atoms with Crippen molar-refractivity contribution >= 4 is 5.78 Å². The van der Waals surface area contributed by atoms with Crippen LogP contribution in [0.5, 0.6) is 0 Å². The Balaban J connectivity index is 2.37. The molecule has 1 aliphatic heterocycles. The Morgan fingerprint density at radius 3 is 2.81 bits per heavy atom. The Bertz CT molecular complexity index is 369. The van der Waals surface area contributed by atoms with E-state index in [1.807, 2.05) is 6.92 Å². The highest BCUT2D eigenvalue weighted by atomic mass is 16.5. The van der Waals surface area contributed by atoms with E-state index in [4.69, 9.17) is 9.84 Å². The Labute approximate surface area is 126 Å². The zero-order valence-electron chi connectivity index (χ0n) is 13.1. The van der Waals surface area contributed by atoms with E-state index in [0.29, 0.717) is 12.8 Å². The first-order valence-electron chi connectivity index (χ1n) is 7.74. The molecule has 1 saturated heterocycles. The summed E-state index contributed by atoms with van der Waals surface area (Å²) in [7, 11) is 0. The van der Waals surface area contributed by atoms with Crippen LogP contribution in [-0.4, -0.2) is 35.7 Å². The van der Waals surface area contributed by atoms with Gasteiger partial charge in [-0.1, -0.05) is 18.7 Å². The van der Waals surface area contributed by atoms with Crippen molar-refractivity contribution in [3.63, 3.8) is 0 Å². The first-order valence-corrected chi connectivity index (χ1v) is 7.74. The Hall–Kier alpha value is -1.07. The molecule has 1 rings (SSSR count). The van der Waals surface area contributed by atoms with E-state index in [1.54, 1.807) is 6.92 Å². The van der Waals surface area contributed by atoms with Crippen LogP contribution < -0.4 is 0 Å². The second kappa shape index (κ2) is 9.05. The third-order valence-corrected chi connectivity index (χ3v) is 4.22. The molecule has 5 nitrogen and oxygen atoms in total. The van der Waals surface area contributed by atoms with E-state index in [2.05, 4.69) is 11.8 Å². The quantitative estimate of drug-likeness (QED) is 0.497. The van der Waals surface area contributed by atoms with Gasteiger partial charge in [0.2, 0.25) is 0 Å². The molecule has 4 atom stereocenters. The van der Waals surface area contributed by atoms with Crippen molar-refractivity contribution < 1.29 is 14.6 Å². The maximum atomic E-state index is 11.2. The minimum Gasteiger partial charge on any atom is -0.396 e. The zero-order valence-corrected chi connectivity index (χ0v) is 13.1. The third-order valence-electron chi connectivity index (χ3n) is 4.22. The molecule has 1 unspecified atom stereocenters. The highest BCUT2D eigenvalue weighted by Crippen LogP contribution is 2.31. The monoisotopic (exact) mass is 297 g/mol.